The summed E-state index contributed by atoms with van der Waals surface area (Å²) in [4.78, 5) is 13.3. The lowest BCUT2D eigenvalue weighted by Crippen LogP contribution is -2.49. The predicted octanol–water partition coefficient (Wildman–Crippen LogP) is 6.41. The van der Waals surface area contributed by atoms with Crippen LogP contribution in [-0.2, 0) is 14.8 Å². The first-order valence-corrected chi connectivity index (χ1v) is 14.1. The summed E-state index contributed by atoms with van der Waals surface area (Å²) in [5.74, 6) is -1.88. The summed E-state index contributed by atoms with van der Waals surface area (Å²) >= 11 is 10.9. The van der Waals surface area contributed by atoms with E-state index in [1.54, 1.807) is 36.4 Å². The number of benzene rings is 3. The monoisotopic (exact) mass is 579 g/mol. The molecule has 0 saturated carbocycles. The van der Waals surface area contributed by atoms with Crippen molar-refractivity contribution in [1.29, 1.82) is 0 Å². The Morgan fingerprint density at radius 3 is 2.38 bits per heavy atom. The molecule has 3 aromatic rings. The molecule has 1 saturated heterocycles. The van der Waals surface area contributed by atoms with Gasteiger partial charge in [0, 0.05) is 26.2 Å². The highest BCUT2D eigenvalue weighted by Crippen LogP contribution is 2.44. The Kier molecular flexibility index (Phi) is 7.74. The van der Waals surface area contributed by atoms with Gasteiger partial charge in [-0.3, -0.25) is 4.79 Å². The summed E-state index contributed by atoms with van der Waals surface area (Å²) in [6.45, 7) is 1.77. The minimum absolute atomic E-state index is 0.117. The maximum absolute atomic E-state index is 13.7. The Bertz CT molecular complexity index is 1280. The number of aliphatic carboxylic acids is 1. The van der Waals surface area contributed by atoms with Crippen LogP contribution in [0.3, 0.4) is 0 Å². The number of hydrogen-bond donors (Lipinski definition) is 1. The fraction of sp³-hybridized carbons (Fsp3) is 0.240. The van der Waals surface area contributed by atoms with Gasteiger partial charge in [-0.2, -0.15) is 4.31 Å². The Labute approximate surface area is 217 Å². The van der Waals surface area contributed by atoms with Gasteiger partial charge in [0.1, 0.15) is 0 Å². The molecular formula is C25H23BrClNO4S2. The summed E-state index contributed by atoms with van der Waals surface area (Å²) in [6, 6.07) is 20.9. The van der Waals surface area contributed by atoms with Crippen molar-refractivity contribution >= 4 is 55.3 Å². The highest BCUT2D eigenvalue weighted by molar-refractivity contribution is 9.10. The van der Waals surface area contributed by atoms with Crippen LogP contribution in [0.4, 0.5) is 0 Å². The van der Waals surface area contributed by atoms with Gasteiger partial charge >= 0.3 is 5.97 Å². The third-order valence-corrected chi connectivity index (χ3v) is 9.91. The third kappa shape index (κ3) is 5.52. The van der Waals surface area contributed by atoms with Crippen molar-refractivity contribution in [3.8, 4) is 0 Å². The molecule has 1 aliphatic heterocycles. The lowest BCUT2D eigenvalue weighted by molar-refractivity contribution is -0.143. The normalized spacial score (nSPS) is 21.3. The lowest BCUT2D eigenvalue weighted by Gasteiger charge is -2.41. The number of nitrogens with zero attached hydrogens (tertiary/aromatic N) is 1. The van der Waals surface area contributed by atoms with Gasteiger partial charge in [-0.1, -0.05) is 57.4 Å². The molecule has 0 spiro atoms. The molecule has 0 aromatic heterocycles. The number of halogens is 2. The molecule has 0 radical (unpaired) electrons. The lowest BCUT2D eigenvalue weighted by atomic mass is 9.90. The quantitative estimate of drug-likeness (QED) is 0.365. The van der Waals surface area contributed by atoms with Crippen molar-refractivity contribution in [2.24, 2.45) is 5.92 Å². The molecule has 1 N–H and O–H groups in total. The Balaban J connectivity index is 1.76. The van der Waals surface area contributed by atoms with Crippen LogP contribution >= 0.6 is 39.3 Å². The molecule has 34 heavy (non-hydrogen) atoms. The second-order valence-electron chi connectivity index (χ2n) is 8.25. The van der Waals surface area contributed by atoms with Crippen LogP contribution in [0, 0.1) is 12.8 Å². The smallest absolute Gasteiger partial charge is 0.308 e. The standard InChI is InChI=1S/C25H23BrClNO4S2/c1-16-5-11-21(12-6-16)34(31,32)28-15-22(25(29)30)24(33-20-9-7-19(27)8-10-20)14-23(28)17-3-2-4-18(26)13-17/h2-13,22-24H,14-15H2,1H3,(H,29,30)/t22?,23?,24-/m1/s1. The zero-order valence-corrected chi connectivity index (χ0v) is 22.2. The predicted molar refractivity (Wildman–Crippen MR) is 139 cm³/mol. The summed E-state index contributed by atoms with van der Waals surface area (Å²) in [7, 11) is -3.93. The first-order valence-electron chi connectivity index (χ1n) is 10.6. The molecule has 5 nitrogen and oxygen atoms in total. The maximum atomic E-state index is 13.7. The zero-order valence-electron chi connectivity index (χ0n) is 18.3. The molecule has 1 aliphatic rings. The molecule has 3 aromatic carbocycles. The van der Waals surface area contributed by atoms with E-state index in [-0.39, 0.29) is 16.7 Å². The van der Waals surface area contributed by atoms with Gasteiger partial charge in [0.15, 0.2) is 0 Å². The summed E-state index contributed by atoms with van der Waals surface area (Å²) in [6.07, 6.45) is 0.353. The summed E-state index contributed by atoms with van der Waals surface area (Å²) < 4.78 is 29.7. The van der Waals surface area contributed by atoms with E-state index < -0.39 is 28.0 Å². The fourth-order valence-corrected chi connectivity index (χ4v) is 7.60. The Morgan fingerprint density at radius 2 is 1.76 bits per heavy atom. The molecule has 4 rings (SSSR count). The highest BCUT2D eigenvalue weighted by atomic mass is 79.9. The third-order valence-electron chi connectivity index (χ3n) is 5.91. The van der Waals surface area contributed by atoms with Gasteiger partial charge in [0.25, 0.3) is 0 Å². The number of rotatable bonds is 6. The van der Waals surface area contributed by atoms with E-state index in [1.807, 2.05) is 43.3 Å². The molecule has 3 atom stereocenters. The SMILES string of the molecule is Cc1ccc(S(=O)(=O)N2CC(C(=O)O)[C@H](Sc3ccc(Cl)cc3)CC2c2cccc(Br)c2)cc1. The van der Waals surface area contributed by atoms with E-state index in [2.05, 4.69) is 15.9 Å². The Morgan fingerprint density at radius 1 is 1.09 bits per heavy atom. The molecular weight excluding hydrogens is 558 g/mol. The number of carbonyl (C=O) groups is 1. The second-order valence-corrected chi connectivity index (χ2v) is 12.8. The van der Waals surface area contributed by atoms with Crippen molar-refractivity contribution < 1.29 is 18.3 Å². The van der Waals surface area contributed by atoms with Gasteiger partial charge in [0.2, 0.25) is 10.0 Å². The molecule has 0 bridgehead atoms. The molecule has 1 fully saturated rings. The van der Waals surface area contributed by atoms with Gasteiger partial charge in [-0.25, -0.2) is 8.42 Å². The number of carboxylic acid groups (broad SMARTS) is 1. The van der Waals surface area contributed by atoms with E-state index in [0.29, 0.717) is 11.4 Å². The van der Waals surface area contributed by atoms with E-state index in [1.165, 1.54) is 16.1 Å². The van der Waals surface area contributed by atoms with Gasteiger partial charge < -0.3 is 5.11 Å². The minimum Gasteiger partial charge on any atom is -0.481 e. The van der Waals surface area contributed by atoms with E-state index in [0.717, 1.165) is 20.5 Å². The van der Waals surface area contributed by atoms with Gasteiger partial charge in [0.05, 0.1) is 16.9 Å². The number of carboxylic acids is 1. The first-order chi connectivity index (χ1) is 16.1. The number of piperidine rings is 1. The molecule has 2 unspecified atom stereocenters. The summed E-state index contributed by atoms with van der Waals surface area (Å²) in [5, 5.41) is 10.3. The van der Waals surface area contributed by atoms with Crippen molar-refractivity contribution in [1.82, 2.24) is 4.31 Å². The average molecular weight is 581 g/mol. The number of aryl methyl sites for hydroxylation is 1. The average Bonchev–Trinajstić information content (AvgIpc) is 2.80. The van der Waals surface area contributed by atoms with Crippen LogP contribution in [0.15, 0.2) is 87.1 Å². The minimum atomic E-state index is -3.93. The summed E-state index contributed by atoms with van der Waals surface area (Å²) in [5.41, 5.74) is 1.76. The van der Waals surface area contributed by atoms with Crippen LogP contribution in [0.2, 0.25) is 5.02 Å². The van der Waals surface area contributed by atoms with E-state index >= 15 is 0 Å². The van der Waals surface area contributed by atoms with Crippen LogP contribution in [0.5, 0.6) is 0 Å². The van der Waals surface area contributed by atoms with Gasteiger partial charge in [-0.05, 0) is 67.4 Å². The molecule has 0 amide bonds. The number of hydrogen-bond acceptors (Lipinski definition) is 4. The second kappa shape index (κ2) is 10.4. The molecule has 0 aliphatic carbocycles. The van der Waals surface area contributed by atoms with Crippen molar-refractivity contribution in [3.05, 3.63) is 93.4 Å². The topological polar surface area (TPSA) is 74.7 Å². The number of sulfonamides is 1. The van der Waals surface area contributed by atoms with Crippen LogP contribution < -0.4 is 0 Å². The van der Waals surface area contributed by atoms with Crippen molar-refractivity contribution in [2.45, 2.75) is 34.4 Å². The fourth-order valence-electron chi connectivity index (χ4n) is 4.12. The van der Waals surface area contributed by atoms with E-state index in [4.69, 9.17) is 11.6 Å². The highest BCUT2D eigenvalue weighted by Gasteiger charge is 2.45. The van der Waals surface area contributed by atoms with E-state index in [9.17, 15) is 18.3 Å². The molecule has 1 heterocycles. The largest absolute Gasteiger partial charge is 0.481 e. The maximum Gasteiger partial charge on any atom is 0.308 e. The first kappa shape index (κ1) is 25.3. The van der Waals surface area contributed by atoms with Crippen molar-refractivity contribution in [3.63, 3.8) is 0 Å². The molecule has 9 heteroatoms. The Hall–Kier alpha value is -1.84. The van der Waals surface area contributed by atoms with Gasteiger partial charge in [-0.15, -0.1) is 11.8 Å². The number of thioether (sulfide) groups is 1. The zero-order chi connectivity index (χ0) is 24.5. The van der Waals surface area contributed by atoms with Crippen molar-refractivity contribution in [2.75, 3.05) is 6.54 Å². The molecule has 178 valence electrons. The van der Waals surface area contributed by atoms with Crippen LogP contribution in [0.25, 0.3) is 0 Å². The van der Waals surface area contributed by atoms with Crippen LogP contribution in [0.1, 0.15) is 23.6 Å². The van der Waals surface area contributed by atoms with Crippen LogP contribution in [-0.4, -0.2) is 35.6 Å².